The van der Waals surface area contributed by atoms with E-state index in [0.29, 0.717) is 58.3 Å². The fourth-order valence-electron chi connectivity index (χ4n) is 8.84. The third-order valence-corrected chi connectivity index (χ3v) is 13.0. The molecule has 2 aliphatic heterocycles. The Morgan fingerprint density at radius 1 is 0.797 bits per heavy atom. The number of aliphatic carboxylic acids is 2. The molecule has 1 aromatic heterocycles. The van der Waals surface area contributed by atoms with E-state index in [2.05, 4.69) is 30.4 Å². The molecule has 5 N–H and O–H groups in total. The van der Waals surface area contributed by atoms with E-state index in [-0.39, 0.29) is 73.5 Å². The first kappa shape index (κ1) is 52.1. The number of carbonyl (C=O) groups excluding carboxylic acids is 4. The van der Waals surface area contributed by atoms with Gasteiger partial charge in [0.25, 0.3) is 0 Å². The summed E-state index contributed by atoms with van der Waals surface area (Å²) >= 11 is 0. The van der Waals surface area contributed by atoms with Crippen molar-refractivity contribution < 1.29 is 39.0 Å². The Hall–Kier alpha value is -4.51. The number of H-pyrrole nitrogens is 1. The van der Waals surface area contributed by atoms with Crippen molar-refractivity contribution in [2.75, 3.05) is 72.0 Å². The minimum atomic E-state index is -0.907. The summed E-state index contributed by atoms with van der Waals surface area (Å²) in [4.78, 5) is 93.4. The summed E-state index contributed by atoms with van der Waals surface area (Å²) in [6.07, 6.45) is 7.89. The third-order valence-electron chi connectivity index (χ3n) is 13.0. The Morgan fingerprint density at radius 2 is 1.45 bits per heavy atom. The smallest absolute Gasteiger partial charge is 0.320 e. The minimum Gasteiger partial charge on any atom is -0.480 e. The number of hydrogen-bond acceptors (Lipinski definition) is 11. The highest BCUT2D eigenvalue weighted by Crippen LogP contribution is 2.22. The molecule has 16 heteroatoms. The summed E-state index contributed by atoms with van der Waals surface area (Å²) in [7, 11) is 0. The van der Waals surface area contributed by atoms with Crippen LogP contribution in [0.2, 0.25) is 0 Å². The molecule has 1 aromatic carbocycles. The summed E-state index contributed by atoms with van der Waals surface area (Å²) in [5.74, 6) is -3.09. The largest absolute Gasteiger partial charge is 0.480 e. The van der Waals surface area contributed by atoms with Crippen LogP contribution in [0.25, 0.3) is 0 Å². The van der Waals surface area contributed by atoms with E-state index in [9.17, 15) is 39.0 Å². The van der Waals surface area contributed by atoms with Gasteiger partial charge in [-0.25, -0.2) is 4.98 Å². The molecule has 2 aliphatic rings. The van der Waals surface area contributed by atoms with Crippen LogP contribution in [0.5, 0.6) is 0 Å². The molecular formula is C48H76N8O8. The van der Waals surface area contributed by atoms with Crippen LogP contribution >= 0.6 is 0 Å². The van der Waals surface area contributed by atoms with Crippen LogP contribution < -0.4 is 10.6 Å². The van der Waals surface area contributed by atoms with Gasteiger partial charge in [0.1, 0.15) is 11.8 Å². The molecule has 0 saturated carbocycles. The fourth-order valence-corrected chi connectivity index (χ4v) is 8.84. The van der Waals surface area contributed by atoms with Crippen molar-refractivity contribution in [1.29, 1.82) is 0 Å². The van der Waals surface area contributed by atoms with Crippen molar-refractivity contribution in [3.05, 3.63) is 53.6 Å². The van der Waals surface area contributed by atoms with E-state index in [4.69, 9.17) is 0 Å². The van der Waals surface area contributed by atoms with Gasteiger partial charge in [0.2, 0.25) is 11.8 Å². The maximum absolute atomic E-state index is 13.8. The number of nitrogens with zero attached hydrogens (tertiary/aromatic N) is 5. The molecule has 0 spiro atoms. The normalized spacial score (nSPS) is 20.3. The molecule has 64 heavy (non-hydrogen) atoms. The predicted octanol–water partition coefficient (Wildman–Crippen LogP) is 3.89. The van der Waals surface area contributed by atoms with E-state index in [0.717, 1.165) is 68.9 Å². The Balaban J connectivity index is 1.24. The lowest BCUT2D eigenvalue weighted by molar-refractivity contribution is -0.144. The zero-order chi connectivity index (χ0) is 46.6. The lowest BCUT2D eigenvalue weighted by Gasteiger charge is -2.37. The van der Waals surface area contributed by atoms with Crippen molar-refractivity contribution in [1.82, 2.24) is 40.2 Å². The van der Waals surface area contributed by atoms with Gasteiger partial charge in [0.05, 0.1) is 18.9 Å². The molecule has 0 radical (unpaired) electrons. The number of hydrogen-bond donors (Lipinski definition) is 5. The molecule has 16 nitrogen and oxygen atoms in total. The number of carbonyl (C=O) groups is 6. The van der Waals surface area contributed by atoms with Gasteiger partial charge in [-0.05, 0) is 68.2 Å². The maximum atomic E-state index is 13.8. The van der Waals surface area contributed by atoms with Gasteiger partial charge < -0.3 is 35.6 Å². The summed E-state index contributed by atoms with van der Waals surface area (Å²) in [5, 5.41) is 25.7. The van der Waals surface area contributed by atoms with Gasteiger partial charge in [0, 0.05) is 108 Å². The van der Waals surface area contributed by atoms with Gasteiger partial charge in [0.15, 0.2) is 5.78 Å². The summed E-state index contributed by atoms with van der Waals surface area (Å²) < 4.78 is 0. The average Bonchev–Trinajstić information content (AvgIpc) is 3.78. The Morgan fingerprint density at radius 3 is 2.08 bits per heavy atom. The van der Waals surface area contributed by atoms with Crippen molar-refractivity contribution in [3.63, 3.8) is 0 Å². The van der Waals surface area contributed by atoms with Crippen LogP contribution in [0.4, 0.5) is 0 Å². The third kappa shape index (κ3) is 18.2. The molecule has 7 atom stereocenters. The second-order valence-corrected chi connectivity index (χ2v) is 18.6. The zero-order valence-electron chi connectivity index (χ0n) is 39.1. The molecule has 2 fully saturated rings. The SMILES string of the molecule is CCC(C)[C@H](NC(=O)[C@@H](C)Cc1cnc[nH]1)C(=O)C[C@@H](CC(C)C)C(=O)NCc1ccc(CCC(=O)CCC(C(=O)O)N2CCCN3CCN(CCCN(CC(=O)O)CC3)CC2)cc1. The number of fused-ring (bicyclic) bond motifs is 3. The Labute approximate surface area is 380 Å². The molecule has 356 valence electrons. The molecule has 2 amide bonds. The lowest BCUT2D eigenvalue weighted by atomic mass is 9.86. The summed E-state index contributed by atoms with van der Waals surface area (Å²) in [6.45, 7) is 17.6. The van der Waals surface area contributed by atoms with E-state index in [1.807, 2.05) is 68.7 Å². The van der Waals surface area contributed by atoms with Crippen molar-refractivity contribution in [3.8, 4) is 0 Å². The second-order valence-electron chi connectivity index (χ2n) is 18.6. The minimum absolute atomic E-state index is 0.0223. The number of rotatable bonds is 24. The number of nitrogens with one attached hydrogen (secondary N) is 3. The molecule has 3 heterocycles. The number of aromatic amines is 1. The van der Waals surface area contributed by atoms with E-state index >= 15 is 0 Å². The summed E-state index contributed by atoms with van der Waals surface area (Å²) in [5.41, 5.74) is 2.70. The van der Waals surface area contributed by atoms with Gasteiger partial charge >= 0.3 is 11.9 Å². The van der Waals surface area contributed by atoms with E-state index in [1.54, 1.807) is 12.5 Å². The topological polar surface area (TPSA) is 209 Å². The molecule has 2 bridgehead atoms. The lowest BCUT2D eigenvalue weighted by Crippen LogP contribution is -2.50. The highest BCUT2D eigenvalue weighted by atomic mass is 16.4. The zero-order valence-corrected chi connectivity index (χ0v) is 39.1. The van der Waals surface area contributed by atoms with Crippen molar-refractivity contribution in [2.24, 2.45) is 23.7 Å². The standard InChI is InChI=1S/C48H76N8O8/c1-6-35(4)45(52-46(61)36(5)28-40-31-49-33-51-40)43(58)29-39(27-34(2)3)47(62)50-30-38-11-9-37(10-12-38)13-14-41(57)15-16-42(48(63)64)56-20-8-18-53-21-22-54(25-26-56)17-7-19-55(24-23-53)32-44(59)60/h9-12,31,33-36,39,42,45H,6-8,13-30,32H2,1-5H3,(H,49,51)(H,50,62)(H,52,61)(H,59,60)(H,63,64)/t35?,36-,39+,42?,45-/m0/s1. The number of amides is 2. The number of carboxylic acid groups (broad SMARTS) is 2. The van der Waals surface area contributed by atoms with Gasteiger partial charge in [-0.15, -0.1) is 0 Å². The molecular weight excluding hydrogens is 817 g/mol. The van der Waals surface area contributed by atoms with Crippen LogP contribution in [0.1, 0.15) is 103 Å². The average molecular weight is 893 g/mol. The van der Waals surface area contributed by atoms with E-state index in [1.165, 1.54) is 0 Å². The molecule has 4 unspecified atom stereocenters. The number of carboxylic acids is 2. The number of aromatic nitrogens is 2. The van der Waals surface area contributed by atoms with E-state index < -0.39 is 29.9 Å². The first-order chi connectivity index (χ1) is 30.6. The first-order valence-corrected chi connectivity index (χ1v) is 23.6. The highest BCUT2D eigenvalue weighted by Gasteiger charge is 2.32. The van der Waals surface area contributed by atoms with Crippen molar-refractivity contribution >= 4 is 35.3 Å². The molecule has 4 rings (SSSR count). The van der Waals surface area contributed by atoms with Crippen LogP contribution in [0.3, 0.4) is 0 Å². The Bertz CT molecular complexity index is 1770. The molecule has 2 saturated heterocycles. The van der Waals surface area contributed by atoms with Crippen LogP contribution in [0.15, 0.2) is 36.8 Å². The molecule has 0 aliphatic carbocycles. The number of aryl methyl sites for hydroxylation is 1. The van der Waals surface area contributed by atoms with Crippen LogP contribution in [-0.2, 0) is 48.2 Å². The van der Waals surface area contributed by atoms with Crippen LogP contribution in [-0.4, -0.2) is 159 Å². The highest BCUT2D eigenvalue weighted by molar-refractivity contribution is 5.93. The predicted molar refractivity (Wildman–Crippen MR) is 245 cm³/mol. The molecule has 2 aromatic rings. The first-order valence-electron chi connectivity index (χ1n) is 23.6. The van der Waals surface area contributed by atoms with Crippen LogP contribution in [0, 0.1) is 23.7 Å². The number of Topliss-reactive ketones (excluding diaryl/α,β-unsaturated/α-hetero) is 2. The number of imidazole rings is 1. The van der Waals surface area contributed by atoms with Gasteiger partial charge in [-0.1, -0.05) is 65.3 Å². The Kier molecular flexibility index (Phi) is 22.1. The summed E-state index contributed by atoms with van der Waals surface area (Å²) in [6, 6.07) is 6.29. The van der Waals surface area contributed by atoms with Crippen molar-refractivity contribution in [2.45, 2.75) is 117 Å². The monoisotopic (exact) mass is 893 g/mol. The maximum Gasteiger partial charge on any atom is 0.320 e. The van der Waals surface area contributed by atoms with Gasteiger partial charge in [-0.3, -0.25) is 38.6 Å². The van der Waals surface area contributed by atoms with Gasteiger partial charge in [-0.2, -0.15) is 0 Å². The number of ketones is 2. The second kappa shape index (κ2) is 27.1. The fraction of sp³-hybridized carbons (Fsp3) is 0.688. The quantitative estimate of drug-likeness (QED) is 0.102. The number of benzene rings is 1.